The molecule has 2 aromatic rings. The lowest BCUT2D eigenvalue weighted by molar-refractivity contribution is 0.915. The van der Waals surface area contributed by atoms with E-state index in [1.807, 2.05) is 18.2 Å². The average Bonchev–Trinajstić information content (AvgIpc) is 2.38. The van der Waals surface area contributed by atoms with Crippen LogP contribution in [0, 0.1) is 13.8 Å². The monoisotopic (exact) mass is 284 g/mol. The van der Waals surface area contributed by atoms with Crippen molar-refractivity contribution in [3.05, 3.63) is 64.7 Å². The molecule has 2 N–H and O–H groups in total. The predicted molar refractivity (Wildman–Crippen MR) is 90.4 cm³/mol. The maximum atomic E-state index is 5.79. The van der Waals surface area contributed by atoms with E-state index in [1.54, 1.807) is 0 Å². The molecule has 0 bridgehead atoms. The van der Waals surface area contributed by atoms with Crippen LogP contribution < -0.4 is 10.6 Å². The molecule has 0 atom stereocenters. The highest BCUT2D eigenvalue weighted by Crippen LogP contribution is 2.22. The molecule has 3 heteroatoms. The van der Waals surface area contributed by atoms with E-state index in [1.165, 1.54) is 16.8 Å². The van der Waals surface area contributed by atoms with Crippen LogP contribution in [0.1, 0.15) is 22.3 Å². The van der Waals surface area contributed by atoms with Gasteiger partial charge in [-0.2, -0.15) is 0 Å². The third-order valence-electron chi connectivity index (χ3n) is 3.45. The molecule has 0 heterocycles. The highest BCUT2D eigenvalue weighted by molar-refractivity contribution is 7.80. The highest BCUT2D eigenvalue weighted by Gasteiger charge is 2.09. The molecule has 0 amide bonds. The molecule has 0 saturated carbocycles. The normalized spacial score (nSPS) is 10.3. The minimum Gasteiger partial charge on any atom is -0.389 e. The van der Waals surface area contributed by atoms with E-state index in [9.17, 15) is 0 Å². The molecule has 0 spiro atoms. The summed E-state index contributed by atoms with van der Waals surface area (Å²) in [5, 5.41) is 0. The summed E-state index contributed by atoms with van der Waals surface area (Å²) >= 11 is 5.12. The number of anilines is 1. The van der Waals surface area contributed by atoms with Crippen molar-refractivity contribution >= 4 is 22.9 Å². The summed E-state index contributed by atoms with van der Waals surface area (Å²) in [5.74, 6) is 0. The summed E-state index contributed by atoms with van der Waals surface area (Å²) in [4.78, 5) is 2.68. The van der Waals surface area contributed by atoms with Crippen LogP contribution in [0.4, 0.5) is 5.69 Å². The Kier molecular flexibility index (Phi) is 4.40. The van der Waals surface area contributed by atoms with Crippen molar-refractivity contribution < 1.29 is 0 Å². The van der Waals surface area contributed by atoms with Gasteiger partial charge in [-0.1, -0.05) is 54.2 Å². The van der Waals surface area contributed by atoms with Gasteiger partial charge in [0.05, 0.1) is 0 Å². The Morgan fingerprint density at radius 2 is 1.85 bits per heavy atom. The minimum absolute atomic E-state index is 0.453. The lowest BCUT2D eigenvalue weighted by Crippen LogP contribution is -2.21. The van der Waals surface area contributed by atoms with Crippen LogP contribution in [0.3, 0.4) is 0 Å². The second-order valence-corrected chi connectivity index (χ2v) is 5.61. The zero-order valence-corrected chi connectivity index (χ0v) is 13.0. The molecule has 0 aliphatic carbocycles. The fourth-order valence-corrected chi connectivity index (χ4v) is 2.67. The third-order valence-corrected chi connectivity index (χ3v) is 3.67. The van der Waals surface area contributed by atoms with Crippen molar-refractivity contribution in [1.82, 2.24) is 0 Å². The van der Waals surface area contributed by atoms with Crippen LogP contribution in [0.15, 0.2) is 42.5 Å². The van der Waals surface area contributed by atoms with Gasteiger partial charge in [0.25, 0.3) is 0 Å². The zero-order valence-electron chi connectivity index (χ0n) is 12.2. The van der Waals surface area contributed by atoms with Crippen LogP contribution in [0.5, 0.6) is 0 Å². The topological polar surface area (TPSA) is 29.3 Å². The first-order valence-electron chi connectivity index (χ1n) is 6.65. The van der Waals surface area contributed by atoms with Gasteiger partial charge < -0.3 is 10.6 Å². The minimum atomic E-state index is 0.453. The number of thiocarbonyl (C=S) groups is 1. The molecule has 0 aliphatic rings. The summed E-state index contributed by atoms with van der Waals surface area (Å²) in [7, 11) is 2.09. The van der Waals surface area contributed by atoms with Crippen LogP contribution in [-0.2, 0) is 6.54 Å². The molecule has 0 fully saturated rings. The third kappa shape index (κ3) is 3.17. The summed E-state index contributed by atoms with van der Waals surface area (Å²) in [6.45, 7) is 5.04. The van der Waals surface area contributed by atoms with Crippen LogP contribution >= 0.6 is 12.2 Å². The van der Waals surface area contributed by atoms with Gasteiger partial charge in [0, 0.05) is 24.8 Å². The van der Waals surface area contributed by atoms with Gasteiger partial charge >= 0.3 is 0 Å². The van der Waals surface area contributed by atoms with E-state index < -0.39 is 0 Å². The molecule has 0 saturated heterocycles. The molecule has 0 aliphatic heterocycles. The Balaban J connectivity index is 2.28. The summed E-state index contributed by atoms with van der Waals surface area (Å²) < 4.78 is 0. The van der Waals surface area contributed by atoms with Crippen molar-refractivity contribution in [2.45, 2.75) is 20.4 Å². The number of benzene rings is 2. The lowest BCUT2D eigenvalue weighted by Gasteiger charge is -2.23. The maximum absolute atomic E-state index is 5.79. The van der Waals surface area contributed by atoms with Gasteiger partial charge in [-0.3, -0.25) is 0 Å². The molecule has 2 rings (SSSR count). The first-order chi connectivity index (χ1) is 9.49. The quantitative estimate of drug-likeness (QED) is 0.870. The Morgan fingerprint density at radius 3 is 2.50 bits per heavy atom. The van der Waals surface area contributed by atoms with Crippen LogP contribution in [0.2, 0.25) is 0 Å². The maximum Gasteiger partial charge on any atom is 0.104 e. The molecule has 104 valence electrons. The Morgan fingerprint density at radius 1 is 1.15 bits per heavy atom. The van der Waals surface area contributed by atoms with E-state index in [-0.39, 0.29) is 0 Å². The summed E-state index contributed by atoms with van der Waals surface area (Å²) in [6.07, 6.45) is 0. The van der Waals surface area contributed by atoms with Crippen molar-refractivity contribution in [3.8, 4) is 0 Å². The van der Waals surface area contributed by atoms with Crippen LogP contribution in [0.25, 0.3) is 0 Å². The fourth-order valence-electron chi connectivity index (χ4n) is 2.47. The Hall–Kier alpha value is -1.87. The molecule has 2 nitrogen and oxygen atoms in total. The van der Waals surface area contributed by atoms with Crippen molar-refractivity contribution in [2.75, 3.05) is 11.9 Å². The average molecular weight is 284 g/mol. The van der Waals surface area contributed by atoms with Gasteiger partial charge in [0.1, 0.15) is 4.99 Å². The van der Waals surface area contributed by atoms with Crippen molar-refractivity contribution in [3.63, 3.8) is 0 Å². The van der Waals surface area contributed by atoms with Gasteiger partial charge in [-0.15, -0.1) is 0 Å². The number of nitrogens with two attached hydrogens (primary N) is 1. The van der Waals surface area contributed by atoms with Crippen LogP contribution in [-0.4, -0.2) is 12.0 Å². The summed E-state index contributed by atoms with van der Waals surface area (Å²) in [6, 6.07) is 14.5. The molecule has 2 aromatic carbocycles. The number of aryl methyl sites for hydroxylation is 2. The fraction of sp³-hybridized carbons (Fsp3) is 0.235. The largest absolute Gasteiger partial charge is 0.389 e. The van der Waals surface area contributed by atoms with E-state index in [0.29, 0.717) is 4.99 Å². The highest BCUT2D eigenvalue weighted by atomic mass is 32.1. The lowest BCUT2D eigenvalue weighted by atomic mass is 10.1. The summed E-state index contributed by atoms with van der Waals surface area (Å²) in [5.41, 5.74) is 11.7. The Bertz CT molecular complexity index is 635. The predicted octanol–water partition coefficient (Wildman–Crippen LogP) is 3.57. The first kappa shape index (κ1) is 14.5. The van der Waals surface area contributed by atoms with E-state index in [2.05, 4.69) is 50.1 Å². The number of rotatable bonds is 4. The number of hydrogen-bond acceptors (Lipinski definition) is 2. The zero-order chi connectivity index (χ0) is 14.7. The molecule has 20 heavy (non-hydrogen) atoms. The molecular formula is C17H20N2S. The second kappa shape index (κ2) is 6.06. The van der Waals surface area contributed by atoms with E-state index in [0.717, 1.165) is 17.7 Å². The van der Waals surface area contributed by atoms with E-state index >= 15 is 0 Å². The molecular weight excluding hydrogens is 264 g/mol. The standard InChI is InChI=1S/C17H20N2S/c1-12-8-9-16(13(2)10-12)19(3)11-14-6-4-5-7-15(14)17(18)20/h4-10H,11H2,1-3H3,(H2,18,20). The van der Waals surface area contributed by atoms with Crippen molar-refractivity contribution in [2.24, 2.45) is 5.73 Å². The molecule has 0 radical (unpaired) electrons. The van der Waals surface area contributed by atoms with Gasteiger partial charge in [0.2, 0.25) is 0 Å². The smallest absolute Gasteiger partial charge is 0.104 e. The molecule has 0 aromatic heterocycles. The van der Waals surface area contributed by atoms with Gasteiger partial charge in [0.15, 0.2) is 0 Å². The van der Waals surface area contributed by atoms with Crippen molar-refractivity contribution in [1.29, 1.82) is 0 Å². The number of nitrogens with zero attached hydrogens (tertiary/aromatic N) is 1. The Labute approximate surface area is 126 Å². The van der Waals surface area contributed by atoms with Gasteiger partial charge in [-0.05, 0) is 31.0 Å². The SMILES string of the molecule is Cc1ccc(N(C)Cc2ccccc2C(N)=S)c(C)c1. The number of hydrogen-bond donors (Lipinski definition) is 1. The van der Waals surface area contributed by atoms with E-state index in [4.69, 9.17) is 18.0 Å². The van der Waals surface area contributed by atoms with Gasteiger partial charge in [-0.25, -0.2) is 0 Å². The first-order valence-corrected chi connectivity index (χ1v) is 7.06. The second-order valence-electron chi connectivity index (χ2n) is 5.17. The molecule has 0 unspecified atom stereocenters.